The lowest BCUT2D eigenvalue weighted by Crippen LogP contribution is -2.21. The summed E-state index contributed by atoms with van der Waals surface area (Å²) >= 11 is 6.00. The third kappa shape index (κ3) is 7.21. The van der Waals surface area contributed by atoms with E-state index in [1.165, 1.54) is 31.4 Å². The number of hydrogen-bond donors (Lipinski definition) is 2. The maximum Gasteiger partial charge on any atom is 0.337 e. The second-order valence-electron chi connectivity index (χ2n) is 6.29. The first-order chi connectivity index (χ1) is 14.3. The molecule has 9 heteroatoms. The molecule has 0 radical (unpaired) electrons. The van der Waals surface area contributed by atoms with Gasteiger partial charge in [-0.05, 0) is 48.9 Å². The topological polar surface area (TPSA) is 111 Å². The average Bonchev–Trinajstić information content (AvgIpc) is 2.73. The van der Waals surface area contributed by atoms with Crippen LogP contribution in [0.3, 0.4) is 0 Å². The molecule has 8 nitrogen and oxygen atoms in total. The van der Waals surface area contributed by atoms with Crippen molar-refractivity contribution >= 4 is 46.7 Å². The minimum atomic E-state index is -0.678. The molecule has 0 aliphatic rings. The van der Waals surface area contributed by atoms with E-state index in [0.29, 0.717) is 22.0 Å². The number of aryl methyl sites for hydroxylation is 1. The number of esters is 2. The van der Waals surface area contributed by atoms with Crippen molar-refractivity contribution in [3.05, 3.63) is 58.6 Å². The van der Waals surface area contributed by atoms with E-state index < -0.39 is 24.5 Å². The number of amides is 2. The highest BCUT2D eigenvalue weighted by Crippen LogP contribution is 2.20. The van der Waals surface area contributed by atoms with Crippen LogP contribution in [0, 0.1) is 6.92 Å². The molecule has 2 N–H and O–H groups in total. The van der Waals surface area contributed by atoms with Crippen molar-refractivity contribution in [1.29, 1.82) is 0 Å². The van der Waals surface area contributed by atoms with Crippen LogP contribution in [0.4, 0.5) is 11.4 Å². The van der Waals surface area contributed by atoms with Crippen LogP contribution in [0.2, 0.25) is 5.02 Å². The Balaban J connectivity index is 1.70. The van der Waals surface area contributed by atoms with E-state index in [9.17, 15) is 19.2 Å². The molecule has 0 saturated carbocycles. The van der Waals surface area contributed by atoms with Crippen molar-refractivity contribution in [3.63, 3.8) is 0 Å². The molecule has 0 fully saturated rings. The molecule has 2 rings (SSSR count). The Morgan fingerprint density at radius 2 is 1.53 bits per heavy atom. The van der Waals surface area contributed by atoms with Gasteiger partial charge in [-0.25, -0.2) is 4.79 Å². The largest absolute Gasteiger partial charge is 0.465 e. The molecule has 2 aromatic rings. The highest BCUT2D eigenvalue weighted by Gasteiger charge is 2.12. The molecule has 0 aromatic heterocycles. The number of nitrogens with one attached hydrogen (secondary N) is 2. The van der Waals surface area contributed by atoms with Crippen molar-refractivity contribution in [2.45, 2.75) is 19.8 Å². The van der Waals surface area contributed by atoms with Gasteiger partial charge in [0.2, 0.25) is 5.91 Å². The van der Waals surface area contributed by atoms with Crippen LogP contribution in [0.5, 0.6) is 0 Å². The van der Waals surface area contributed by atoms with Gasteiger partial charge in [0.25, 0.3) is 5.91 Å². The van der Waals surface area contributed by atoms with Crippen molar-refractivity contribution < 1.29 is 28.7 Å². The molecule has 30 heavy (non-hydrogen) atoms. The first-order valence-corrected chi connectivity index (χ1v) is 9.36. The van der Waals surface area contributed by atoms with E-state index in [2.05, 4.69) is 15.4 Å². The van der Waals surface area contributed by atoms with E-state index in [1.807, 2.05) is 6.92 Å². The lowest BCUT2D eigenvalue weighted by molar-refractivity contribution is -0.147. The SMILES string of the molecule is COC(=O)c1ccc(NC(=O)COC(=O)CCC(=O)Nc2ccc(C)c(Cl)c2)cc1. The monoisotopic (exact) mass is 432 g/mol. The summed E-state index contributed by atoms with van der Waals surface area (Å²) in [6.07, 6.45) is -0.270. The number of rotatable bonds is 8. The molecule has 0 aliphatic heterocycles. The van der Waals surface area contributed by atoms with E-state index in [0.717, 1.165) is 5.56 Å². The quantitative estimate of drug-likeness (QED) is 0.619. The minimum Gasteiger partial charge on any atom is -0.465 e. The summed E-state index contributed by atoms with van der Waals surface area (Å²) in [5, 5.41) is 5.69. The van der Waals surface area contributed by atoms with Crippen LogP contribution >= 0.6 is 11.6 Å². The van der Waals surface area contributed by atoms with Gasteiger partial charge in [-0.15, -0.1) is 0 Å². The number of anilines is 2. The molecular weight excluding hydrogens is 412 g/mol. The minimum absolute atomic E-state index is 0.0963. The van der Waals surface area contributed by atoms with E-state index in [-0.39, 0.29) is 18.7 Å². The summed E-state index contributed by atoms with van der Waals surface area (Å²) < 4.78 is 9.45. The Bertz CT molecular complexity index is 943. The molecule has 0 spiro atoms. The van der Waals surface area contributed by atoms with Crippen LogP contribution in [0.15, 0.2) is 42.5 Å². The second kappa shape index (κ2) is 11.0. The van der Waals surface area contributed by atoms with Crippen LogP contribution in [-0.2, 0) is 23.9 Å². The van der Waals surface area contributed by atoms with Gasteiger partial charge in [0.1, 0.15) is 0 Å². The molecule has 0 bridgehead atoms. The normalized spacial score (nSPS) is 10.1. The maximum absolute atomic E-state index is 11.9. The van der Waals surface area contributed by atoms with Crippen LogP contribution < -0.4 is 10.6 Å². The second-order valence-corrected chi connectivity index (χ2v) is 6.70. The van der Waals surface area contributed by atoms with Gasteiger partial charge >= 0.3 is 11.9 Å². The number of hydrogen-bond acceptors (Lipinski definition) is 6. The smallest absolute Gasteiger partial charge is 0.337 e. The number of ether oxygens (including phenoxy) is 2. The zero-order valence-electron chi connectivity index (χ0n) is 16.5. The van der Waals surface area contributed by atoms with Crippen LogP contribution in [0.1, 0.15) is 28.8 Å². The first-order valence-electron chi connectivity index (χ1n) is 8.98. The average molecular weight is 433 g/mol. The molecular formula is C21H21ClN2O6. The zero-order chi connectivity index (χ0) is 22.1. The molecule has 0 heterocycles. The lowest BCUT2D eigenvalue weighted by atomic mass is 10.2. The van der Waals surface area contributed by atoms with Crippen LogP contribution in [-0.4, -0.2) is 37.5 Å². The molecule has 0 saturated heterocycles. The maximum atomic E-state index is 11.9. The number of benzene rings is 2. The van der Waals surface area contributed by atoms with Gasteiger partial charge in [0.05, 0.1) is 19.1 Å². The van der Waals surface area contributed by atoms with Gasteiger partial charge in [0.15, 0.2) is 6.61 Å². The Morgan fingerprint density at radius 3 is 2.17 bits per heavy atom. The van der Waals surface area contributed by atoms with E-state index >= 15 is 0 Å². The molecule has 2 amide bonds. The number of methoxy groups -OCH3 is 1. The predicted molar refractivity (Wildman–Crippen MR) is 111 cm³/mol. The van der Waals surface area contributed by atoms with Gasteiger partial charge in [0, 0.05) is 22.8 Å². The van der Waals surface area contributed by atoms with Gasteiger partial charge in [-0.3, -0.25) is 14.4 Å². The zero-order valence-corrected chi connectivity index (χ0v) is 17.2. The van der Waals surface area contributed by atoms with Crippen molar-refractivity contribution in [2.24, 2.45) is 0 Å². The standard InChI is InChI=1S/C21H21ClN2O6/c1-13-3-6-16(11-17(13)22)24-18(25)9-10-20(27)30-12-19(26)23-15-7-4-14(5-8-15)21(28)29-2/h3-8,11H,9-10,12H2,1-2H3,(H,23,26)(H,24,25). The third-order valence-corrected chi connectivity index (χ3v) is 4.37. The summed E-state index contributed by atoms with van der Waals surface area (Å²) in [6.45, 7) is 1.35. The summed E-state index contributed by atoms with van der Waals surface area (Å²) in [7, 11) is 1.27. The molecule has 0 unspecified atom stereocenters. The van der Waals surface area contributed by atoms with E-state index in [1.54, 1.807) is 18.2 Å². The predicted octanol–water partition coefficient (Wildman–Crippen LogP) is 3.34. The fourth-order valence-electron chi connectivity index (χ4n) is 2.33. The number of carbonyl (C=O) groups is 4. The molecule has 0 atom stereocenters. The fraction of sp³-hybridized carbons (Fsp3) is 0.238. The molecule has 158 valence electrons. The fourth-order valence-corrected chi connectivity index (χ4v) is 2.51. The Morgan fingerprint density at radius 1 is 0.900 bits per heavy atom. The van der Waals surface area contributed by atoms with Crippen LogP contribution in [0.25, 0.3) is 0 Å². The Kier molecular flexibility index (Phi) is 8.37. The van der Waals surface area contributed by atoms with Gasteiger partial charge in [-0.2, -0.15) is 0 Å². The molecule has 0 aliphatic carbocycles. The summed E-state index contributed by atoms with van der Waals surface area (Å²) in [5.74, 6) is -2.09. The van der Waals surface area contributed by atoms with Gasteiger partial charge in [-0.1, -0.05) is 17.7 Å². The Labute approximate surface area is 178 Å². The third-order valence-electron chi connectivity index (χ3n) is 3.97. The number of halogens is 1. The highest BCUT2D eigenvalue weighted by atomic mass is 35.5. The van der Waals surface area contributed by atoms with Gasteiger partial charge < -0.3 is 20.1 Å². The molecule has 2 aromatic carbocycles. The summed E-state index contributed by atoms with van der Waals surface area (Å²) in [4.78, 5) is 46.9. The van der Waals surface area contributed by atoms with Crippen molar-refractivity contribution in [3.8, 4) is 0 Å². The lowest BCUT2D eigenvalue weighted by Gasteiger charge is -2.08. The number of carbonyl (C=O) groups excluding carboxylic acids is 4. The first kappa shape index (κ1) is 22.9. The Hall–Kier alpha value is -3.39. The van der Waals surface area contributed by atoms with Crippen molar-refractivity contribution in [2.75, 3.05) is 24.4 Å². The van der Waals surface area contributed by atoms with E-state index in [4.69, 9.17) is 16.3 Å². The summed E-state index contributed by atoms with van der Waals surface area (Å²) in [6, 6.07) is 11.1. The highest BCUT2D eigenvalue weighted by molar-refractivity contribution is 6.31. The summed E-state index contributed by atoms with van der Waals surface area (Å²) in [5.41, 5.74) is 2.19. The van der Waals surface area contributed by atoms with Crippen molar-refractivity contribution in [1.82, 2.24) is 0 Å².